The number of hydrogen-bond acceptors (Lipinski definition) is 5. The van der Waals surface area contributed by atoms with Crippen molar-refractivity contribution in [3.63, 3.8) is 0 Å². The zero-order valence-corrected chi connectivity index (χ0v) is 13.2. The van der Waals surface area contributed by atoms with Crippen LogP contribution in [0.15, 0.2) is 35.2 Å². The van der Waals surface area contributed by atoms with Crippen molar-refractivity contribution >= 4 is 11.9 Å². The van der Waals surface area contributed by atoms with E-state index in [9.17, 15) is 18.0 Å². The molecule has 0 spiro atoms. The molecule has 0 unspecified atom stereocenters. The lowest BCUT2D eigenvalue weighted by Crippen LogP contribution is -2.25. The number of carbonyl (C=O) groups is 2. The number of carbonyl (C=O) groups excluding carboxylic acids is 1. The summed E-state index contributed by atoms with van der Waals surface area (Å²) in [6, 6.07) is 5.82. The number of amides is 1. The Morgan fingerprint density at radius 1 is 1.28 bits per heavy atom. The Balaban J connectivity index is 0.000000381. The van der Waals surface area contributed by atoms with E-state index in [1.165, 1.54) is 6.39 Å². The smallest absolute Gasteiger partial charge is 0.475 e. The van der Waals surface area contributed by atoms with Crippen LogP contribution in [0.25, 0.3) is 0 Å². The Bertz CT molecular complexity index is 687. The van der Waals surface area contributed by atoms with Gasteiger partial charge in [-0.05, 0) is 31.9 Å². The molecule has 2 aromatic rings. The average molecular weight is 359 g/mol. The third-order valence-electron chi connectivity index (χ3n) is 2.82. The van der Waals surface area contributed by atoms with E-state index in [0.717, 1.165) is 18.5 Å². The predicted molar refractivity (Wildman–Crippen MR) is 79.8 cm³/mol. The van der Waals surface area contributed by atoms with Crippen LogP contribution in [0.3, 0.4) is 0 Å². The van der Waals surface area contributed by atoms with Crippen molar-refractivity contribution in [1.82, 2.24) is 15.3 Å². The summed E-state index contributed by atoms with van der Waals surface area (Å²) in [5, 5.41) is 9.92. The molecule has 2 aromatic heterocycles. The molecule has 0 atom stereocenters. The Labute approximate surface area is 140 Å². The number of pyridine rings is 1. The van der Waals surface area contributed by atoms with Gasteiger partial charge in [0.2, 0.25) is 5.76 Å². The van der Waals surface area contributed by atoms with E-state index < -0.39 is 12.1 Å². The van der Waals surface area contributed by atoms with E-state index in [1.54, 1.807) is 13.1 Å². The molecule has 2 heterocycles. The lowest BCUT2D eigenvalue weighted by molar-refractivity contribution is -0.192. The van der Waals surface area contributed by atoms with Crippen LogP contribution >= 0.6 is 0 Å². The highest BCUT2D eigenvalue weighted by Crippen LogP contribution is 2.13. The Morgan fingerprint density at radius 2 is 1.96 bits per heavy atom. The largest absolute Gasteiger partial charge is 0.490 e. The summed E-state index contributed by atoms with van der Waals surface area (Å²) in [4.78, 5) is 28.7. The molecule has 10 heteroatoms. The minimum atomic E-state index is -5.08. The Hall–Kier alpha value is -2.91. The fraction of sp³-hybridized carbons (Fsp3) is 0.333. The normalized spacial score (nSPS) is 10.6. The topological polar surface area (TPSA) is 105 Å². The van der Waals surface area contributed by atoms with Crippen LogP contribution in [-0.4, -0.2) is 39.7 Å². The number of oxazole rings is 1. The summed E-state index contributed by atoms with van der Waals surface area (Å²) >= 11 is 0. The first-order valence-electron chi connectivity index (χ1n) is 7.10. The number of aromatic nitrogens is 2. The van der Waals surface area contributed by atoms with Crippen LogP contribution in [-0.2, 0) is 11.2 Å². The van der Waals surface area contributed by atoms with Crippen molar-refractivity contribution in [1.29, 1.82) is 0 Å². The van der Waals surface area contributed by atoms with Crippen molar-refractivity contribution < 1.29 is 32.3 Å². The van der Waals surface area contributed by atoms with Gasteiger partial charge in [0.25, 0.3) is 5.91 Å². The molecule has 0 radical (unpaired) electrons. The fourth-order valence-corrected chi connectivity index (χ4v) is 1.62. The van der Waals surface area contributed by atoms with Crippen LogP contribution in [0.5, 0.6) is 0 Å². The van der Waals surface area contributed by atoms with E-state index in [2.05, 4.69) is 15.3 Å². The molecule has 0 aliphatic rings. The zero-order valence-electron chi connectivity index (χ0n) is 13.2. The van der Waals surface area contributed by atoms with Crippen molar-refractivity contribution in [3.05, 3.63) is 47.9 Å². The first-order chi connectivity index (χ1) is 11.7. The van der Waals surface area contributed by atoms with E-state index >= 15 is 0 Å². The van der Waals surface area contributed by atoms with Gasteiger partial charge in [0.1, 0.15) is 0 Å². The summed E-state index contributed by atoms with van der Waals surface area (Å²) in [5.74, 6) is -2.69. The van der Waals surface area contributed by atoms with Gasteiger partial charge in [0.05, 0.1) is 5.69 Å². The molecule has 0 fully saturated rings. The van der Waals surface area contributed by atoms with Crippen molar-refractivity contribution in [2.24, 2.45) is 0 Å². The predicted octanol–water partition coefficient (Wildman–Crippen LogP) is 2.37. The van der Waals surface area contributed by atoms with Gasteiger partial charge in [0.15, 0.2) is 6.39 Å². The molecule has 136 valence electrons. The van der Waals surface area contributed by atoms with Crippen molar-refractivity contribution in [3.8, 4) is 0 Å². The van der Waals surface area contributed by atoms with Gasteiger partial charge in [-0.1, -0.05) is 6.07 Å². The van der Waals surface area contributed by atoms with Gasteiger partial charge in [-0.15, -0.1) is 0 Å². The molecular weight excluding hydrogens is 343 g/mol. The molecule has 0 saturated carbocycles. The molecule has 2 N–H and O–H groups in total. The second-order valence-corrected chi connectivity index (χ2v) is 4.75. The molecule has 0 aliphatic carbocycles. The quantitative estimate of drug-likeness (QED) is 0.794. The standard InChI is InChI=1S/C13H15N3O2.C2HF3O2/c1-10-12(18-9-16-10)13(17)15-8-4-6-11-5-2-3-7-14-11;3-2(4,5)1(6)7/h2-3,5,7,9H,4,6,8H2,1H3,(H,15,17);(H,6,7). The number of carboxylic acid groups (broad SMARTS) is 1. The van der Waals surface area contributed by atoms with Gasteiger partial charge in [-0.25, -0.2) is 9.78 Å². The number of aliphatic carboxylic acids is 1. The summed E-state index contributed by atoms with van der Waals surface area (Å²) in [7, 11) is 0. The van der Waals surface area contributed by atoms with E-state index in [4.69, 9.17) is 14.3 Å². The first kappa shape index (κ1) is 20.1. The maximum Gasteiger partial charge on any atom is 0.490 e. The summed E-state index contributed by atoms with van der Waals surface area (Å²) in [5.41, 5.74) is 1.64. The van der Waals surface area contributed by atoms with Crippen molar-refractivity contribution in [2.45, 2.75) is 25.9 Å². The highest BCUT2D eigenvalue weighted by Gasteiger charge is 2.38. The SMILES string of the molecule is Cc1ncoc1C(=O)NCCCc1ccccn1.O=C(O)C(F)(F)F. The lowest BCUT2D eigenvalue weighted by atomic mass is 10.2. The van der Waals surface area contributed by atoms with Crippen molar-refractivity contribution in [2.75, 3.05) is 6.54 Å². The summed E-state index contributed by atoms with van der Waals surface area (Å²) in [6.45, 7) is 2.34. The number of hydrogen-bond donors (Lipinski definition) is 2. The zero-order chi connectivity index (χ0) is 18.9. The lowest BCUT2D eigenvalue weighted by Gasteiger charge is -2.03. The molecule has 2 rings (SSSR count). The molecule has 0 aliphatic heterocycles. The van der Waals surface area contributed by atoms with E-state index in [-0.39, 0.29) is 11.7 Å². The highest BCUT2D eigenvalue weighted by molar-refractivity contribution is 5.92. The summed E-state index contributed by atoms with van der Waals surface area (Å²) < 4.78 is 36.7. The minimum absolute atomic E-state index is 0.217. The highest BCUT2D eigenvalue weighted by atomic mass is 19.4. The van der Waals surface area contributed by atoms with Gasteiger partial charge in [-0.3, -0.25) is 9.78 Å². The number of carboxylic acids is 1. The number of nitrogens with zero attached hydrogens (tertiary/aromatic N) is 2. The molecular formula is C15H16F3N3O4. The maximum atomic E-state index is 11.7. The Kier molecular flexibility index (Phi) is 7.57. The van der Waals surface area contributed by atoms with Gasteiger partial charge >= 0.3 is 12.1 Å². The minimum Gasteiger partial charge on any atom is -0.475 e. The van der Waals surface area contributed by atoms with Crippen LogP contribution in [0.2, 0.25) is 0 Å². The van der Waals surface area contributed by atoms with E-state index in [1.807, 2.05) is 18.2 Å². The number of halogens is 3. The monoisotopic (exact) mass is 359 g/mol. The van der Waals surface area contributed by atoms with Crippen LogP contribution < -0.4 is 5.32 Å². The van der Waals surface area contributed by atoms with Gasteiger partial charge < -0.3 is 14.8 Å². The van der Waals surface area contributed by atoms with E-state index in [0.29, 0.717) is 12.2 Å². The molecule has 7 nitrogen and oxygen atoms in total. The summed E-state index contributed by atoms with van der Waals surface area (Å²) in [6.07, 6.45) is -0.351. The fourth-order valence-electron chi connectivity index (χ4n) is 1.62. The van der Waals surface area contributed by atoms with Crippen LogP contribution in [0.1, 0.15) is 28.4 Å². The Morgan fingerprint density at radius 3 is 2.44 bits per heavy atom. The number of alkyl halides is 3. The third-order valence-corrected chi connectivity index (χ3v) is 2.82. The number of nitrogens with one attached hydrogen (secondary N) is 1. The van der Waals surface area contributed by atoms with Crippen LogP contribution in [0, 0.1) is 6.92 Å². The number of rotatable bonds is 5. The second-order valence-electron chi connectivity index (χ2n) is 4.75. The number of aryl methyl sites for hydroxylation is 2. The third kappa shape index (κ3) is 7.46. The average Bonchev–Trinajstić information content (AvgIpc) is 2.98. The molecule has 1 amide bonds. The molecule has 0 aromatic carbocycles. The first-order valence-corrected chi connectivity index (χ1v) is 7.10. The molecule has 25 heavy (non-hydrogen) atoms. The van der Waals surface area contributed by atoms with Gasteiger partial charge in [-0.2, -0.15) is 13.2 Å². The maximum absolute atomic E-state index is 11.7. The van der Waals surface area contributed by atoms with Crippen LogP contribution in [0.4, 0.5) is 13.2 Å². The van der Waals surface area contributed by atoms with Gasteiger partial charge in [0, 0.05) is 18.4 Å². The molecule has 0 saturated heterocycles. The molecule has 0 bridgehead atoms. The second kappa shape index (κ2) is 9.40.